The number of benzene rings is 2. The monoisotopic (exact) mass is 286 g/mol. The van der Waals surface area contributed by atoms with Gasteiger partial charge < -0.3 is 5.11 Å². The summed E-state index contributed by atoms with van der Waals surface area (Å²) < 4.78 is 1.74. The summed E-state index contributed by atoms with van der Waals surface area (Å²) in [7, 11) is 0. The largest absolute Gasteiger partial charge is 0.478 e. The average Bonchev–Trinajstić information content (AvgIpc) is 2.83. The second-order valence-corrected chi connectivity index (χ2v) is 4.94. The molecule has 0 saturated heterocycles. The SMILES string of the molecule is O=C(O)c1cccc2cn(Cc3ccc(Cl)cc3)nc12. The molecule has 5 heteroatoms. The third-order valence-corrected chi connectivity index (χ3v) is 3.32. The van der Waals surface area contributed by atoms with Gasteiger partial charge in [-0.05, 0) is 23.8 Å². The molecule has 0 aliphatic carbocycles. The van der Waals surface area contributed by atoms with Crippen molar-refractivity contribution in [2.75, 3.05) is 0 Å². The van der Waals surface area contributed by atoms with Gasteiger partial charge in [0.05, 0.1) is 12.1 Å². The van der Waals surface area contributed by atoms with Crippen LogP contribution in [-0.2, 0) is 6.54 Å². The molecule has 0 unspecified atom stereocenters. The van der Waals surface area contributed by atoms with Crippen LogP contribution >= 0.6 is 11.6 Å². The fourth-order valence-electron chi connectivity index (χ4n) is 2.13. The number of nitrogens with zero attached hydrogens (tertiary/aromatic N) is 2. The van der Waals surface area contributed by atoms with Crippen LogP contribution in [0.25, 0.3) is 10.9 Å². The van der Waals surface area contributed by atoms with E-state index in [1.54, 1.807) is 16.8 Å². The van der Waals surface area contributed by atoms with Crippen LogP contribution in [0.1, 0.15) is 15.9 Å². The van der Waals surface area contributed by atoms with E-state index in [0.717, 1.165) is 10.9 Å². The maximum atomic E-state index is 11.2. The average molecular weight is 287 g/mol. The quantitative estimate of drug-likeness (QED) is 0.802. The Labute approximate surface area is 120 Å². The molecule has 0 amide bonds. The van der Waals surface area contributed by atoms with E-state index < -0.39 is 5.97 Å². The second kappa shape index (κ2) is 4.98. The molecule has 0 aliphatic rings. The number of hydrogen-bond donors (Lipinski definition) is 1. The Morgan fingerprint density at radius 3 is 2.65 bits per heavy atom. The van der Waals surface area contributed by atoms with Gasteiger partial charge in [-0.2, -0.15) is 5.10 Å². The van der Waals surface area contributed by atoms with Crippen LogP contribution in [-0.4, -0.2) is 20.9 Å². The van der Waals surface area contributed by atoms with Gasteiger partial charge in [-0.25, -0.2) is 4.79 Å². The van der Waals surface area contributed by atoms with E-state index in [1.165, 1.54) is 0 Å². The Balaban J connectivity index is 1.99. The summed E-state index contributed by atoms with van der Waals surface area (Å²) in [5.74, 6) is -0.965. The van der Waals surface area contributed by atoms with E-state index in [0.29, 0.717) is 17.1 Å². The zero-order valence-electron chi connectivity index (χ0n) is 10.5. The number of carbonyl (C=O) groups is 1. The molecule has 0 saturated carbocycles. The number of aromatic nitrogens is 2. The maximum absolute atomic E-state index is 11.2. The predicted octanol–water partition coefficient (Wildman–Crippen LogP) is 3.44. The number of carboxylic acids is 1. The number of hydrogen-bond acceptors (Lipinski definition) is 2. The van der Waals surface area contributed by atoms with E-state index in [2.05, 4.69) is 5.10 Å². The first-order valence-corrected chi connectivity index (χ1v) is 6.45. The van der Waals surface area contributed by atoms with Gasteiger partial charge in [-0.1, -0.05) is 35.9 Å². The molecule has 0 radical (unpaired) electrons. The van der Waals surface area contributed by atoms with Crippen molar-refractivity contribution < 1.29 is 9.90 Å². The van der Waals surface area contributed by atoms with E-state index in [4.69, 9.17) is 16.7 Å². The van der Waals surface area contributed by atoms with Crippen LogP contribution in [0.15, 0.2) is 48.7 Å². The van der Waals surface area contributed by atoms with E-state index >= 15 is 0 Å². The Hall–Kier alpha value is -2.33. The standard InChI is InChI=1S/C15H11ClN2O2/c16-12-6-4-10(5-7-12)8-18-9-11-2-1-3-13(15(19)20)14(11)17-18/h1-7,9H,8H2,(H,19,20). The van der Waals surface area contributed by atoms with Crippen LogP contribution in [0.5, 0.6) is 0 Å². The Morgan fingerprint density at radius 2 is 1.95 bits per heavy atom. The van der Waals surface area contributed by atoms with Crippen LogP contribution in [0, 0.1) is 0 Å². The molecule has 2 aromatic carbocycles. The Morgan fingerprint density at radius 1 is 1.20 bits per heavy atom. The summed E-state index contributed by atoms with van der Waals surface area (Å²) in [5, 5.41) is 15.0. The molecule has 0 atom stereocenters. The Bertz CT molecular complexity index is 778. The molecule has 3 aromatic rings. The van der Waals surface area contributed by atoms with Crippen LogP contribution in [0.3, 0.4) is 0 Å². The topological polar surface area (TPSA) is 55.1 Å². The summed E-state index contributed by atoms with van der Waals surface area (Å²) in [6, 6.07) is 12.6. The molecule has 20 heavy (non-hydrogen) atoms. The van der Waals surface area contributed by atoms with E-state index in [-0.39, 0.29) is 5.56 Å². The van der Waals surface area contributed by atoms with Gasteiger partial charge >= 0.3 is 5.97 Å². The summed E-state index contributed by atoms with van der Waals surface area (Å²) in [6.45, 7) is 0.574. The van der Waals surface area contributed by atoms with Crippen molar-refractivity contribution in [3.8, 4) is 0 Å². The summed E-state index contributed by atoms with van der Waals surface area (Å²) in [5.41, 5.74) is 1.78. The first-order chi connectivity index (χ1) is 9.63. The molecule has 1 heterocycles. The van der Waals surface area contributed by atoms with Gasteiger partial charge in [-0.3, -0.25) is 4.68 Å². The highest BCUT2D eigenvalue weighted by Gasteiger charge is 2.11. The molecule has 0 bridgehead atoms. The van der Waals surface area contributed by atoms with Gasteiger partial charge in [0, 0.05) is 16.6 Å². The fraction of sp³-hybridized carbons (Fsp3) is 0.0667. The highest BCUT2D eigenvalue weighted by Crippen LogP contribution is 2.18. The molecule has 4 nitrogen and oxygen atoms in total. The number of halogens is 1. The van der Waals surface area contributed by atoms with Crippen molar-refractivity contribution >= 4 is 28.5 Å². The van der Waals surface area contributed by atoms with E-state index in [9.17, 15) is 4.79 Å². The van der Waals surface area contributed by atoms with Crippen molar-refractivity contribution in [3.63, 3.8) is 0 Å². The van der Waals surface area contributed by atoms with Gasteiger partial charge in [0.1, 0.15) is 5.52 Å². The lowest BCUT2D eigenvalue weighted by Gasteiger charge is -2.01. The normalized spacial score (nSPS) is 10.8. The third-order valence-electron chi connectivity index (χ3n) is 3.07. The van der Waals surface area contributed by atoms with Crippen LogP contribution < -0.4 is 0 Å². The molecule has 1 aromatic heterocycles. The summed E-state index contributed by atoms with van der Waals surface area (Å²) in [6.07, 6.45) is 1.84. The first-order valence-electron chi connectivity index (χ1n) is 6.07. The fourth-order valence-corrected chi connectivity index (χ4v) is 2.25. The molecular formula is C15H11ClN2O2. The highest BCUT2D eigenvalue weighted by molar-refractivity contribution is 6.30. The number of fused-ring (bicyclic) bond motifs is 1. The molecule has 0 fully saturated rings. The molecule has 0 spiro atoms. The second-order valence-electron chi connectivity index (χ2n) is 4.50. The number of carboxylic acid groups (broad SMARTS) is 1. The molecule has 100 valence electrons. The smallest absolute Gasteiger partial charge is 0.337 e. The summed E-state index contributed by atoms with van der Waals surface area (Å²) >= 11 is 5.85. The predicted molar refractivity (Wildman–Crippen MR) is 77.2 cm³/mol. The van der Waals surface area contributed by atoms with Gasteiger partial charge in [0.15, 0.2) is 0 Å². The number of rotatable bonds is 3. The first kappa shape index (κ1) is 12.7. The molecular weight excluding hydrogens is 276 g/mol. The lowest BCUT2D eigenvalue weighted by Crippen LogP contribution is -2.01. The Kier molecular flexibility index (Phi) is 3.16. The summed E-state index contributed by atoms with van der Waals surface area (Å²) in [4.78, 5) is 11.2. The minimum Gasteiger partial charge on any atom is -0.478 e. The van der Waals surface area contributed by atoms with Crippen LogP contribution in [0.4, 0.5) is 0 Å². The third kappa shape index (κ3) is 2.38. The minimum atomic E-state index is -0.965. The van der Waals surface area contributed by atoms with Crippen molar-refractivity contribution in [1.82, 2.24) is 9.78 Å². The van der Waals surface area contributed by atoms with Crippen molar-refractivity contribution in [3.05, 3.63) is 64.8 Å². The minimum absolute atomic E-state index is 0.220. The van der Waals surface area contributed by atoms with Gasteiger partial charge in [0.2, 0.25) is 0 Å². The number of aromatic carboxylic acids is 1. The molecule has 1 N–H and O–H groups in total. The van der Waals surface area contributed by atoms with Crippen molar-refractivity contribution in [2.24, 2.45) is 0 Å². The molecule has 0 aliphatic heterocycles. The zero-order chi connectivity index (χ0) is 14.1. The lowest BCUT2D eigenvalue weighted by atomic mass is 10.1. The van der Waals surface area contributed by atoms with Gasteiger partial charge in [-0.15, -0.1) is 0 Å². The molecule has 3 rings (SSSR count). The maximum Gasteiger partial charge on any atom is 0.337 e. The zero-order valence-corrected chi connectivity index (χ0v) is 11.2. The van der Waals surface area contributed by atoms with Crippen molar-refractivity contribution in [1.29, 1.82) is 0 Å². The van der Waals surface area contributed by atoms with Gasteiger partial charge in [0.25, 0.3) is 0 Å². The van der Waals surface area contributed by atoms with Crippen molar-refractivity contribution in [2.45, 2.75) is 6.54 Å². The highest BCUT2D eigenvalue weighted by atomic mass is 35.5. The van der Waals surface area contributed by atoms with E-state index in [1.807, 2.05) is 36.5 Å². The van der Waals surface area contributed by atoms with Crippen LogP contribution in [0.2, 0.25) is 5.02 Å². The lowest BCUT2D eigenvalue weighted by molar-refractivity contribution is 0.0699.